The molecule has 2 N–H and O–H groups in total. The lowest BCUT2D eigenvalue weighted by Gasteiger charge is -2.13. The van der Waals surface area contributed by atoms with Gasteiger partial charge in [-0.15, -0.1) is 0 Å². The molecule has 0 unspecified atom stereocenters. The molecule has 5 heteroatoms. The van der Waals surface area contributed by atoms with Crippen molar-refractivity contribution in [2.75, 3.05) is 5.73 Å². The highest BCUT2D eigenvalue weighted by molar-refractivity contribution is 6.31. The van der Waals surface area contributed by atoms with Gasteiger partial charge >= 0.3 is 0 Å². The van der Waals surface area contributed by atoms with Gasteiger partial charge in [0.05, 0.1) is 0 Å². The van der Waals surface area contributed by atoms with Crippen LogP contribution < -0.4 is 5.73 Å². The predicted molar refractivity (Wildman–Crippen MR) is 79.5 cm³/mol. The second kappa shape index (κ2) is 5.75. The zero-order valence-electron chi connectivity index (χ0n) is 11.7. The number of hydrogen-bond acceptors (Lipinski definition) is 3. The molecule has 0 amide bonds. The highest BCUT2D eigenvalue weighted by Crippen LogP contribution is 2.25. The molecule has 0 aliphatic heterocycles. The first kappa shape index (κ1) is 14.7. The summed E-state index contributed by atoms with van der Waals surface area (Å²) < 4.78 is 13.0. The maximum Gasteiger partial charge on any atom is 0.135 e. The minimum atomic E-state index is -0.356. The Morgan fingerprint density at radius 3 is 2.55 bits per heavy atom. The van der Waals surface area contributed by atoms with Crippen LogP contribution in [0.4, 0.5) is 10.2 Å². The Kier molecular flexibility index (Phi) is 4.23. The maximum atomic E-state index is 13.0. The number of anilines is 1. The summed E-state index contributed by atoms with van der Waals surface area (Å²) in [6.07, 6.45) is 0.433. The van der Waals surface area contributed by atoms with Crippen LogP contribution in [0.3, 0.4) is 0 Å². The quantitative estimate of drug-likeness (QED) is 0.934. The normalized spacial score (nSPS) is 11.1. The number of aromatic nitrogens is 2. The summed E-state index contributed by atoms with van der Waals surface area (Å²) in [5, 5.41) is 0.373. The maximum absolute atomic E-state index is 13.0. The number of aryl methyl sites for hydroxylation is 1. The number of rotatable bonds is 3. The van der Waals surface area contributed by atoms with Crippen molar-refractivity contribution in [1.82, 2.24) is 9.97 Å². The smallest absolute Gasteiger partial charge is 0.135 e. The van der Waals surface area contributed by atoms with E-state index >= 15 is 0 Å². The number of benzene rings is 1. The molecular weight excluding hydrogens is 277 g/mol. The van der Waals surface area contributed by atoms with E-state index in [2.05, 4.69) is 23.8 Å². The summed E-state index contributed by atoms with van der Waals surface area (Å²) in [7, 11) is 0. The zero-order valence-corrected chi connectivity index (χ0v) is 12.5. The van der Waals surface area contributed by atoms with Crippen LogP contribution in [0.2, 0.25) is 5.02 Å². The van der Waals surface area contributed by atoms with Gasteiger partial charge in [-0.25, -0.2) is 14.4 Å². The molecule has 0 saturated carbocycles. The van der Waals surface area contributed by atoms with Gasteiger partial charge < -0.3 is 5.73 Å². The molecule has 0 saturated heterocycles. The van der Waals surface area contributed by atoms with Crippen LogP contribution in [0.5, 0.6) is 0 Å². The van der Waals surface area contributed by atoms with Gasteiger partial charge in [0, 0.05) is 22.7 Å². The van der Waals surface area contributed by atoms with Crippen molar-refractivity contribution < 1.29 is 4.39 Å². The molecule has 1 aromatic carbocycles. The van der Waals surface area contributed by atoms with Crippen molar-refractivity contribution in [2.24, 2.45) is 0 Å². The van der Waals surface area contributed by atoms with Crippen LogP contribution in [0.25, 0.3) is 0 Å². The summed E-state index contributed by atoms with van der Waals surface area (Å²) >= 11 is 6.01. The van der Waals surface area contributed by atoms with Gasteiger partial charge in [0.1, 0.15) is 17.5 Å². The highest BCUT2D eigenvalue weighted by atomic mass is 35.5. The van der Waals surface area contributed by atoms with E-state index in [1.54, 1.807) is 6.07 Å². The molecule has 0 radical (unpaired) electrons. The third-order valence-corrected chi connectivity index (χ3v) is 3.50. The van der Waals surface area contributed by atoms with Gasteiger partial charge in [0.15, 0.2) is 0 Å². The molecule has 1 aromatic heterocycles. The van der Waals surface area contributed by atoms with Crippen molar-refractivity contribution in [3.63, 3.8) is 0 Å². The summed E-state index contributed by atoms with van der Waals surface area (Å²) in [5.41, 5.74) is 8.62. The minimum absolute atomic E-state index is 0.276. The summed E-state index contributed by atoms with van der Waals surface area (Å²) in [6, 6.07) is 4.30. The third-order valence-electron chi connectivity index (χ3n) is 3.15. The Balaban J connectivity index is 2.35. The number of halogens is 2. The van der Waals surface area contributed by atoms with E-state index in [0.29, 0.717) is 23.1 Å². The first-order valence-corrected chi connectivity index (χ1v) is 6.83. The van der Waals surface area contributed by atoms with E-state index in [1.165, 1.54) is 12.1 Å². The lowest BCUT2D eigenvalue weighted by molar-refractivity contribution is 0.627. The van der Waals surface area contributed by atoms with Gasteiger partial charge in [-0.3, -0.25) is 0 Å². The largest absolute Gasteiger partial charge is 0.383 e. The van der Waals surface area contributed by atoms with Crippen LogP contribution in [0.15, 0.2) is 18.2 Å². The van der Waals surface area contributed by atoms with Gasteiger partial charge in [-0.2, -0.15) is 0 Å². The molecule has 0 bridgehead atoms. The highest BCUT2D eigenvalue weighted by Gasteiger charge is 2.13. The fourth-order valence-electron chi connectivity index (χ4n) is 2.29. The second-order valence-electron chi connectivity index (χ2n) is 5.09. The van der Waals surface area contributed by atoms with Crippen LogP contribution >= 0.6 is 11.6 Å². The molecular formula is C15H17ClFN3. The van der Waals surface area contributed by atoms with E-state index in [-0.39, 0.29) is 11.7 Å². The molecule has 0 aliphatic carbocycles. The topological polar surface area (TPSA) is 51.8 Å². The van der Waals surface area contributed by atoms with Crippen LogP contribution in [0.1, 0.15) is 42.4 Å². The fraction of sp³-hybridized carbons (Fsp3) is 0.333. The number of hydrogen-bond donors (Lipinski definition) is 1. The van der Waals surface area contributed by atoms with Crippen molar-refractivity contribution in [2.45, 2.75) is 33.1 Å². The molecule has 106 valence electrons. The summed E-state index contributed by atoms with van der Waals surface area (Å²) in [4.78, 5) is 8.80. The number of nitrogen functional groups attached to an aromatic ring is 1. The lowest BCUT2D eigenvalue weighted by atomic mass is 10.0. The molecule has 3 nitrogen and oxygen atoms in total. The lowest BCUT2D eigenvalue weighted by Crippen LogP contribution is -2.09. The standard InChI is InChI=1S/C15H17ClFN3/c1-8(2)14-9(3)19-13(20-15(14)18)6-10-4-5-11(17)7-12(10)16/h4-5,7-8H,6H2,1-3H3,(H2,18,19,20). The molecule has 1 heterocycles. The predicted octanol–water partition coefficient (Wildman–Crippen LogP) is 3.87. The number of nitrogens with zero attached hydrogens (tertiary/aromatic N) is 2. The fourth-order valence-corrected chi connectivity index (χ4v) is 2.53. The van der Waals surface area contributed by atoms with E-state index in [9.17, 15) is 4.39 Å². The molecule has 20 heavy (non-hydrogen) atoms. The van der Waals surface area contributed by atoms with E-state index in [0.717, 1.165) is 16.8 Å². The van der Waals surface area contributed by atoms with Gasteiger partial charge in [-0.05, 0) is 30.5 Å². The van der Waals surface area contributed by atoms with Crippen molar-refractivity contribution >= 4 is 17.4 Å². The third kappa shape index (κ3) is 3.07. The first-order chi connectivity index (χ1) is 9.38. The Morgan fingerprint density at radius 2 is 2.00 bits per heavy atom. The van der Waals surface area contributed by atoms with Crippen molar-refractivity contribution in [3.05, 3.63) is 51.7 Å². The second-order valence-corrected chi connectivity index (χ2v) is 5.50. The van der Waals surface area contributed by atoms with Gasteiger partial charge in [0.2, 0.25) is 0 Å². The molecule has 2 rings (SSSR count). The summed E-state index contributed by atoms with van der Waals surface area (Å²) in [5.74, 6) is 1.02. The SMILES string of the molecule is Cc1nc(Cc2ccc(F)cc2Cl)nc(N)c1C(C)C. The monoisotopic (exact) mass is 293 g/mol. The van der Waals surface area contributed by atoms with Gasteiger partial charge in [-0.1, -0.05) is 31.5 Å². The average molecular weight is 294 g/mol. The first-order valence-electron chi connectivity index (χ1n) is 6.45. The Hall–Kier alpha value is -1.68. The Labute approximate surface area is 123 Å². The van der Waals surface area contributed by atoms with E-state index in [4.69, 9.17) is 17.3 Å². The molecule has 0 fully saturated rings. The van der Waals surface area contributed by atoms with Crippen molar-refractivity contribution in [1.29, 1.82) is 0 Å². The Bertz CT molecular complexity index is 618. The number of nitrogens with two attached hydrogens (primary N) is 1. The molecule has 2 aromatic rings. The van der Waals surface area contributed by atoms with E-state index in [1.807, 2.05) is 6.92 Å². The van der Waals surface area contributed by atoms with Crippen LogP contribution in [-0.2, 0) is 6.42 Å². The molecule has 0 atom stereocenters. The van der Waals surface area contributed by atoms with Gasteiger partial charge in [0.25, 0.3) is 0 Å². The zero-order chi connectivity index (χ0) is 14.9. The minimum Gasteiger partial charge on any atom is -0.383 e. The van der Waals surface area contributed by atoms with Crippen molar-refractivity contribution in [3.8, 4) is 0 Å². The van der Waals surface area contributed by atoms with E-state index < -0.39 is 0 Å². The summed E-state index contributed by atoms with van der Waals surface area (Å²) in [6.45, 7) is 6.03. The Morgan fingerprint density at radius 1 is 1.30 bits per heavy atom. The van der Waals surface area contributed by atoms with Crippen LogP contribution in [-0.4, -0.2) is 9.97 Å². The average Bonchev–Trinajstić information content (AvgIpc) is 2.31. The van der Waals surface area contributed by atoms with Crippen LogP contribution in [0, 0.1) is 12.7 Å². The molecule has 0 aliphatic rings. The molecule has 0 spiro atoms.